The zero-order valence-electron chi connectivity index (χ0n) is 15.0. The molecular weight excluding hydrogens is 302 g/mol. The highest BCUT2D eigenvalue weighted by Gasteiger charge is 2.11. The Morgan fingerprint density at radius 1 is 1.17 bits per heavy atom. The van der Waals surface area contributed by atoms with Gasteiger partial charge >= 0.3 is 0 Å². The van der Waals surface area contributed by atoms with Crippen molar-refractivity contribution in [3.05, 3.63) is 24.3 Å². The highest BCUT2D eigenvalue weighted by molar-refractivity contribution is 5.92. The first-order valence-corrected chi connectivity index (χ1v) is 9.09. The van der Waals surface area contributed by atoms with Crippen LogP contribution in [0.4, 0.5) is 5.69 Å². The third kappa shape index (κ3) is 7.21. The molecular formula is C19H31N3O2. The molecule has 134 valence electrons. The van der Waals surface area contributed by atoms with E-state index in [9.17, 15) is 0 Å². The van der Waals surface area contributed by atoms with E-state index in [1.54, 1.807) is 0 Å². The van der Waals surface area contributed by atoms with Crippen LogP contribution in [0.25, 0.3) is 0 Å². The lowest BCUT2D eigenvalue weighted by Gasteiger charge is -2.14. The Bertz CT molecular complexity index is 492. The number of ether oxygens (including phenoxy) is 2. The maximum absolute atomic E-state index is 5.92. The quantitative estimate of drug-likeness (QED) is 0.343. The Kier molecular flexibility index (Phi) is 7.89. The van der Waals surface area contributed by atoms with Gasteiger partial charge in [0.15, 0.2) is 5.96 Å². The number of nitrogens with two attached hydrogens (primary N) is 1. The topological polar surface area (TPSA) is 68.9 Å². The van der Waals surface area contributed by atoms with Gasteiger partial charge in [0, 0.05) is 5.69 Å². The summed E-state index contributed by atoms with van der Waals surface area (Å²) in [6.45, 7) is 5.24. The largest absolute Gasteiger partial charge is 0.491 e. The fourth-order valence-corrected chi connectivity index (χ4v) is 2.87. The van der Waals surface area contributed by atoms with E-state index in [1.165, 1.54) is 38.5 Å². The van der Waals surface area contributed by atoms with Crippen molar-refractivity contribution in [1.82, 2.24) is 0 Å². The maximum Gasteiger partial charge on any atom is 0.193 e. The van der Waals surface area contributed by atoms with Crippen molar-refractivity contribution in [2.45, 2.75) is 64.6 Å². The van der Waals surface area contributed by atoms with E-state index in [-0.39, 0.29) is 6.10 Å². The first-order chi connectivity index (χ1) is 11.6. The molecule has 0 aliphatic heterocycles. The zero-order chi connectivity index (χ0) is 17.2. The monoisotopic (exact) mass is 333 g/mol. The molecule has 1 aliphatic carbocycles. The molecule has 0 radical (unpaired) electrons. The van der Waals surface area contributed by atoms with Gasteiger partial charge in [-0.05, 0) is 51.0 Å². The van der Waals surface area contributed by atoms with Crippen molar-refractivity contribution in [2.24, 2.45) is 10.7 Å². The van der Waals surface area contributed by atoms with E-state index < -0.39 is 0 Å². The minimum absolute atomic E-state index is 0.170. The average Bonchev–Trinajstić information content (AvgIpc) is 2.82. The summed E-state index contributed by atoms with van der Waals surface area (Å²) in [5.74, 6) is 1.26. The average molecular weight is 333 g/mol. The van der Waals surface area contributed by atoms with Crippen LogP contribution in [0, 0.1) is 0 Å². The normalized spacial score (nSPS) is 16.9. The molecule has 0 spiro atoms. The van der Waals surface area contributed by atoms with E-state index in [0.29, 0.717) is 25.2 Å². The van der Waals surface area contributed by atoms with Crippen molar-refractivity contribution in [2.75, 3.05) is 18.5 Å². The van der Waals surface area contributed by atoms with Gasteiger partial charge in [0.2, 0.25) is 0 Å². The van der Waals surface area contributed by atoms with Gasteiger partial charge in [-0.3, -0.25) is 4.99 Å². The second-order valence-corrected chi connectivity index (χ2v) is 6.57. The molecule has 0 heterocycles. The molecule has 0 bridgehead atoms. The number of rotatable bonds is 7. The molecule has 5 nitrogen and oxygen atoms in total. The third-order valence-corrected chi connectivity index (χ3v) is 4.03. The van der Waals surface area contributed by atoms with Crippen molar-refractivity contribution in [3.63, 3.8) is 0 Å². The Morgan fingerprint density at radius 2 is 1.83 bits per heavy atom. The molecule has 3 N–H and O–H groups in total. The summed E-state index contributed by atoms with van der Waals surface area (Å²) < 4.78 is 11.5. The lowest BCUT2D eigenvalue weighted by atomic mass is 10.1. The molecule has 0 atom stereocenters. The summed E-state index contributed by atoms with van der Waals surface area (Å²) in [6, 6.07) is 7.71. The number of nitrogens with zero attached hydrogens (tertiary/aromatic N) is 1. The molecule has 1 fully saturated rings. The molecule has 2 rings (SSSR count). The highest BCUT2D eigenvalue weighted by atomic mass is 16.5. The van der Waals surface area contributed by atoms with E-state index >= 15 is 0 Å². The number of guanidine groups is 1. The van der Waals surface area contributed by atoms with Gasteiger partial charge in [-0.1, -0.05) is 25.7 Å². The first-order valence-electron chi connectivity index (χ1n) is 9.09. The molecule has 1 saturated carbocycles. The standard InChI is InChI=1S/C19H31N3O2/c1-15(2)24-18-11-9-16(10-12-18)22-19(20)21-13-14-23-17-7-5-3-4-6-8-17/h9-12,15,17H,3-8,13-14H2,1-2H3,(H3,20,21,22). The van der Waals surface area contributed by atoms with Crippen LogP contribution in [0.1, 0.15) is 52.4 Å². The number of benzene rings is 1. The van der Waals surface area contributed by atoms with Crippen LogP contribution < -0.4 is 15.8 Å². The number of nitrogens with one attached hydrogen (secondary N) is 1. The van der Waals surface area contributed by atoms with E-state index in [0.717, 1.165) is 11.4 Å². The summed E-state index contributed by atoms with van der Waals surface area (Å²) >= 11 is 0. The summed E-state index contributed by atoms with van der Waals surface area (Å²) in [6.07, 6.45) is 8.20. The fraction of sp³-hybridized carbons (Fsp3) is 0.632. The number of anilines is 1. The summed E-state index contributed by atoms with van der Waals surface area (Å²) in [7, 11) is 0. The SMILES string of the molecule is CC(C)Oc1ccc(NC(N)=NCCOC2CCCCCC2)cc1. The van der Waals surface area contributed by atoms with Gasteiger partial charge in [0.05, 0.1) is 25.4 Å². The van der Waals surface area contributed by atoms with Gasteiger partial charge < -0.3 is 20.5 Å². The predicted octanol–water partition coefficient (Wildman–Crippen LogP) is 3.94. The number of aliphatic imine (C=N–C) groups is 1. The van der Waals surface area contributed by atoms with Gasteiger partial charge in [0.25, 0.3) is 0 Å². The van der Waals surface area contributed by atoms with Gasteiger partial charge in [0.1, 0.15) is 5.75 Å². The fourth-order valence-electron chi connectivity index (χ4n) is 2.87. The predicted molar refractivity (Wildman–Crippen MR) is 99.8 cm³/mol. The van der Waals surface area contributed by atoms with Crippen molar-refractivity contribution in [1.29, 1.82) is 0 Å². The lowest BCUT2D eigenvalue weighted by molar-refractivity contribution is 0.0487. The van der Waals surface area contributed by atoms with Crippen LogP contribution in [0.15, 0.2) is 29.3 Å². The van der Waals surface area contributed by atoms with Crippen LogP contribution in [-0.4, -0.2) is 31.3 Å². The van der Waals surface area contributed by atoms with Gasteiger partial charge in [-0.25, -0.2) is 0 Å². The Morgan fingerprint density at radius 3 is 2.46 bits per heavy atom. The first kappa shape index (κ1) is 18.6. The van der Waals surface area contributed by atoms with Crippen LogP contribution in [-0.2, 0) is 4.74 Å². The van der Waals surface area contributed by atoms with Crippen molar-refractivity contribution in [3.8, 4) is 5.75 Å². The second-order valence-electron chi connectivity index (χ2n) is 6.57. The molecule has 0 amide bonds. The molecule has 24 heavy (non-hydrogen) atoms. The molecule has 1 aliphatic rings. The van der Waals surface area contributed by atoms with E-state index in [1.807, 2.05) is 38.1 Å². The Labute approximate surface area is 145 Å². The van der Waals surface area contributed by atoms with Crippen LogP contribution >= 0.6 is 0 Å². The van der Waals surface area contributed by atoms with Crippen molar-refractivity contribution >= 4 is 11.6 Å². The Hall–Kier alpha value is -1.75. The smallest absolute Gasteiger partial charge is 0.193 e. The number of hydrogen-bond donors (Lipinski definition) is 2. The Balaban J connectivity index is 1.69. The van der Waals surface area contributed by atoms with Crippen LogP contribution in [0.3, 0.4) is 0 Å². The highest BCUT2D eigenvalue weighted by Crippen LogP contribution is 2.19. The third-order valence-electron chi connectivity index (χ3n) is 4.03. The molecule has 0 unspecified atom stereocenters. The van der Waals surface area contributed by atoms with Crippen LogP contribution in [0.2, 0.25) is 0 Å². The summed E-state index contributed by atoms with van der Waals surface area (Å²) in [4.78, 5) is 4.33. The maximum atomic E-state index is 5.92. The van der Waals surface area contributed by atoms with Crippen molar-refractivity contribution < 1.29 is 9.47 Å². The van der Waals surface area contributed by atoms with Gasteiger partial charge in [-0.2, -0.15) is 0 Å². The summed E-state index contributed by atoms with van der Waals surface area (Å²) in [5, 5.41) is 3.09. The van der Waals surface area contributed by atoms with E-state index in [4.69, 9.17) is 15.2 Å². The molecule has 1 aromatic carbocycles. The molecule has 0 aromatic heterocycles. The molecule has 0 saturated heterocycles. The lowest BCUT2D eigenvalue weighted by Crippen LogP contribution is -2.24. The molecule has 5 heteroatoms. The minimum atomic E-state index is 0.170. The van der Waals surface area contributed by atoms with Gasteiger partial charge in [-0.15, -0.1) is 0 Å². The van der Waals surface area contributed by atoms with E-state index in [2.05, 4.69) is 10.3 Å². The minimum Gasteiger partial charge on any atom is -0.491 e. The van der Waals surface area contributed by atoms with Crippen LogP contribution in [0.5, 0.6) is 5.75 Å². The summed E-state index contributed by atoms with van der Waals surface area (Å²) in [5.41, 5.74) is 6.82. The molecule has 1 aromatic rings. The second kappa shape index (κ2) is 10.2. The zero-order valence-corrected chi connectivity index (χ0v) is 15.0. The number of hydrogen-bond acceptors (Lipinski definition) is 3.